The van der Waals surface area contributed by atoms with Crippen molar-refractivity contribution in [2.45, 2.75) is 6.92 Å². The maximum Gasteiger partial charge on any atom is 0.146 e. The Kier molecular flexibility index (Phi) is 5.17. The standard InChI is InChI=1S/C14H17BrN4O/c1-10-4-3-5-11(8-10)20-7-6-17-14-12(15)13(16-2)18-9-19-14/h3-5,8-9H,6-7H2,1-2H3,(H2,16,17,18,19). The highest BCUT2D eigenvalue weighted by molar-refractivity contribution is 9.10. The molecule has 0 spiro atoms. The fourth-order valence-electron chi connectivity index (χ4n) is 1.71. The molecule has 0 aliphatic rings. The number of hydrogen-bond donors (Lipinski definition) is 2. The third-order valence-corrected chi connectivity index (χ3v) is 3.43. The summed E-state index contributed by atoms with van der Waals surface area (Å²) in [6.07, 6.45) is 1.51. The molecule has 0 atom stereocenters. The molecule has 2 N–H and O–H groups in total. The van der Waals surface area contributed by atoms with Gasteiger partial charge in [-0.25, -0.2) is 9.97 Å². The average Bonchev–Trinajstić information content (AvgIpc) is 2.45. The lowest BCUT2D eigenvalue weighted by atomic mass is 10.2. The van der Waals surface area contributed by atoms with Gasteiger partial charge in [0.05, 0.1) is 6.54 Å². The molecule has 2 rings (SSSR count). The van der Waals surface area contributed by atoms with Gasteiger partial charge in [-0.15, -0.1) is 0 Å². The molecule has 1 heterocycles. The minimum absolute atomic E-state index is 0.564. The Bertz CT molecular complexity index is 577. The molecule has 0 amide bonds. The summed E-state index contributed by atoms with van der Waals surface area (Å²) >= 11 is 3.46. The van der Waals surface area contributed by atoms with Crippen LogP contribution in [0.15, 0.2) is 35.1 Å². The van der Waals surface area contributed by atoms with Crippen LogP contribution < -0.4 is 15.4 Å². The molecule has 0 saturated carbocycles. The van der Waals surface area contributed by atoms with Crippen molar-refractivity contribution in [2.75, 3.05) is 30.8 Å². The molecule has 0 aliphatic heterocycles. The second-order valence-corrected chi connectivity index (χ2v) is 5.02. The van der Waals surface area contributed by atoms with Crippen LogP contribution in [0.2, 0.25) is 0 Å². The van der Waals surface area contributed by atoms with Crippen LogP contribution in [-0.2, 0) is 0 Å². The van der Waals surface area contributed by atoms with Gasteiger partial charge < -0.3 is 15.4 Å². The van der Waals surface area contributed by atoms with E-state index in [4.69, 9.17) is 4.74 Å². The molecule has 20 heavy (non-hydrogen) atoms. The summed E-state index contributed by atoms with van der Waals surface area (Å²) < 4.78 is 6.49. The van der Waals surface area contributed by atoms with Gasteiger partial charge in [-0.1, -0.05) is 12.1 Å². The number of nitrogens with one attached hydrogen (secondary N) is 2. The summed E-state index contributed by atoms with van der Waals surface area (Å²) in [4.78, 5) is 8.28. The minimum Gasteiger partial charge on any atom is -0.492 e. The third kappa shape index (κ3) is 3.84. The van der Waals surface area contributed by atoms with E-state index in [1.54, 1.807) is 0 Å². The largest absolute Gasteiger partial charge is 0.492 e. The number of rotatable bonds is 6. The number of aryl methyl sites for hydroxylation is 1. The first-order chi connectivity index (χ1) is 9.70. The summed E-state index contributed by atoms with van der Waals surface area (Å²) in [7, 11) is 1.82. The highest BCUT2D eigenvalue weighted by Crippen LogP contribution is 2.25. The number of benzene rings is 1. The predicted molar refractivity (Wildman–Crippen MR) is 84.4 cm³/mol. The van der Waals surface area contributed by atoms with Crippen LogP contribution in [0.3, 0.4) is 0 Å². The number of ether oxygens (including phenoxy) is 1. The fourth-order valence-corrected chi connectivity index (χ4v) is 2.25. The average molecular weight is 337 g/mol. The number of anilines is 2. The van der Waals surface area contributed by atoms with Crippen molar-refractivity contribution in [3.63, 3.8) is 0 Å². The van der Waals surface area contributed by atoms with E-state index in [1.807, 2.05) is 38.2 Å². The highest BCUT2D eigenvalue weighted by atomic mass is 79.9. The molecule has 1 aromatic carbocycles. The Morgan fingerprint density at radius 2 is 2.05 bits per heavy atom. The van der Waals surface area contributed by atoms with Crippen LogP contribution in [0, 0.1) is 6.92 Å². The molecule has 0 aliphatic carbocycles. The Labute approximate surface area is 126 Å². The van der Waals surface area contributed by atoms with Gasteiger partial charge in [0, 0.05) is 7.05 Å². The molecule has 2 aromatic rings. The van der Waals surface area contributed by atoms with Crippen LogP contribution in [0.4, 0.5) is 11.6 Å². The van der Waals surface area contributed by atoms with Gasteiger partial charge in [-0.3, -0.25) is 0 Å². The molecule has 0 unspecified atom stereocenters. The first kappa shape index (κ1) is 14.6. The maximum absolute atomic E-state index is 5.67. The minimum atomic E-state index is 0.564. The highest BCUT2D eigenvalue weighted by Gasteiger charge is 2.06. The first-order valence-corrected chi connectivity index (χ1v) is 7.11. The van der Waals surface area contributed by atoms with Crippen molar-refractivity contribution < 1.29 is 4.74 Å². The lowest BCUT2D eigenvalue weighted by molar-refractivity contribution is 0.332. The van der Waals surface area contributed by atoms with E-state index < -0.39 is 0 Å². The molecule has 1 aromatic heterocycles. The lowest BCUT2D eigenvalue weighted by Crippen LogP contribution is -2.13. The van der Waals surface area contributed by atoms with Gasteiger partial charge >= 0.3 is 0 Å². The molecule has 0 bridgehead atoms. The van der Waals surface area contributed by atoms with Crippen molar-refractivity contribution in [1.82, 2.24) is 9.97 Å². The van der Waals surface area contributed by atoms with Gasteiger partial charge in [0.15, 0.2) is 0 Å². The summed E-state index contributed by atoms with van der Waals surface area (Å²) in [5.41, 5.74) is 1.19. The number of aromatic nitrogens is 2. The Hall–Kier alpha value is -1.82. The van der Waals surface area contributed by atoms with Gasteiger partial charge in [0.2, 0.25) is 0 Å². The van der Waals surface area contributed by atoms with Gasteiger partial charge in [-0.2, -0.15) is 0 Å². The normalized spacial score (nSPS) is 10.2. The Morgan fingerprint density at radius 1 is 1.25 bits per heavy atom. The Balaban J connectivity index is 1.84. The lowest BCUT2D eigenvalue weighted by Gasteiger charge is -2.11. The zero-order valence-corrected chi connectivity index (χ0v) is 13.1. The number of nitrogens with zero attached hydrogens (tertiary/aromatic N) is 2. The summed E-state index contributed by atoms with van der Waals surface area (Å²) in [5, 5.41) is 6.20. The summed E-state index contributed by atoms with van der Waals surface area (Å²) in [6, 6.07) is 7.99. The first-order valence-electron chi connectivity index (χ1n) is 6.32. The van der Waals surface area contributed by atoms with Crippen LogP contribution in [0.25, 0.3) is 0 Å². The molecule has 0 fully saturated rings. The maximum atomic E-state index is 5.67. The second-order valence-electron chi connectivity index (χ2n) is 4.23. The zero-order valence-electron chi connectivity index (χ0n) is 11.5. The zero-order chi connectivity index (χ0) is 14.4. The third-order valence-electron chi connectivity index (χ3n) is 2.68. The molecule has 106 valence electrons. The van der Waals surface area contributed by atoms with E-state index in [0.717, 1.165) is 21.9 Å². The topological polar surface area (TPSA) is 59.1 Å². The molecule has 6 heteroatoms. The van der Waals surface area contributed by atoms with Crippen LogP contribution in [-0.4, -0.2) is 30.2 Å². The Morgan fingerprint density at radius 3 is 2.80 bits per heavy atom. The monoisotopic (exact) mass is 336 g/mol. The molecule has 0 saturated heterocycles. The van der Waals surface area contributed by atoms with Crippen molar-refractivity contribution in [2.24, 2.45) is 0 Å². The fraction of sp³-hybridized carbons (Fsp3) is 0.286. The second kappa shape index (κ2) is 7.09. The van der Waals surface area contributed by atoms with E-state index in [9.17, 15) is 0 Å². The van der Waals surface area contributed by atoms with Crippen LogP contribution >= 0.6 is 15.9 Å². The van der Waals surface area contributed by atoms with Crippen LogP contribution in [0.1, 0.15) is 5.56 Å². The van der Waals surface area contributed by atoms with Gasteiger partial charge in [-0.05, 0) is 40.5 Å². The van der Waals surface area contributed by atoms with Gasteiger partial charge in [0.1, 0.15) is 34.8 Å². The molecule has 0 radical (unpaired) electrons. The molecular formula is C14H17BrN4O. The quantitative estimate of drug-likeness (QED) is 0.794. The number of halogens is 1. The predicted octanol–water partition coefficient (Wildman–Crippen LogP) is 3.08. The summed E-state index contributed by atoms with van der Waals surface area (Å²) in [6.45, 7) is 3.27. The van der Waals surface area contributed by atoms with Crippen LogP contribution in [0.5, 0.6) is 5.75 Å². The van der Waals surface area contributed by atoms with E-state index >= 15 is 0 Å². The SMILES string of the molecule is CNc1ncnc(NCCOc2cccc(C)c2)c1Br. The smallest absolute Gasteiger partial charge is 0.146 e. The van der Waals surface area contributed by atoms with E-state index in [1.165, 1.54) is 11.9 Å². The van der Waals surface area contributed by atoms with E-state index in [-0.39, 0.29) is 0 Å². The van der Waals surface area contributed by atoms with Crippen molar-refractivity contribution in [3.8, 4) is 5.75 Å². The van der Waals surface area contributed by atoms with Crippen molar-refractivity contribution in [3.05, 3.63) is 40.6 Å². The van der Waals surface area contributed by atoms with E-state index in [0.29, 0.717) is 13.2 Å². The van der Waals surface area contributed by atoms with Gasteiger partial charge in [0.25, 0.3) is 0 Å². The van der Waals surface area contributed by atoms with Crippen molar-refractivity contribution in [1.29, 1.82) is 0 Å². The van der Waals surface area contributed by atoms with E-state index in [2.05, 4.69) is 36.5 Å². The van der Waals surface area contributed by atoms with Crippen molar-refractivity contribution >= 4 is 27.6 Å². The molecular weight excluding hydrogens is 320 g/mol. The summed E-state index contributed by atoms with van der Waals surface area (Å²) in [5.74, 6) is 2.38. The number of hydrogen-bond acceptors (Lipinski definition) is 5. The molecule has 5 nitrogen and oxygen atoms in total.